The maximum absolute atomic E-state index is 13.8. The first-order valence-electron chi connectivity index (χ1n) is 12.3. The predicted molar refractivity (Wildman–Crippen MR) is 142 cm³/mol. The Bertz CT molecular complexity index is 1390. The van der Waals surface area contributed by atoms with Crippen LogP contribution in [0.3, 0.4) is 0 Å². The quantitative estimate of drug-likeness (QED) is 0.577. The molecule has 184 valence electrons. The number of hydrogen-bond acceptors (Lipinski definition) is 6. The van der Waals surface area contributed by atoms with E-state index >= 15 is 0 Å². The maximum atomic E-state index is 13.8. The van der Waals surface area contributed by atoms with E-state index in [0.717, 1.165) is 27.7 Å². The fourth-order valence-electron chi connectivity index (χ4n) is 4.95. The molecule has 0 unspecified atom stereocenters. The molecule has 0 radical (unpaired) electrons. The first-order valence-corrected chi connectivity index (χ1v) is 13.2. The summed E-state index contributed by atoms with van der Waals surface area (Å²) in [5, 5.41) is 1.28. The zero-order valence-electron chi connectivity index (χ0n) is 20.0. The first-order chi connectivity index (χ1) is 17.6. The van der Waals surface area contributed by atoms with Gasteiger partial charge in [0.15, 0.2) is 5.17 Å². The van der Waals surface area contributed by atoms with Crippen molar-refractivity contribution in [1.29, 1.82) is 0 Å². The average molecular weight is 502 g/mol. The Kier molecular flexibility index (Phi) is 6.10. The predicted octanol–water partition coefficient (Wildman–Crippen LogP) is 3.74. The number of ether oxygens (including phenoxy) is 1. The van der Waals surface area contributed by atoms with Crippen LogP contribution in [0.4, 0.5) is 5.69 Å². The molecule has 3 aromatic rings. The number of amidine groups is 2. The normalized spacial score (nSPS) is 20.1. The molecule has 1 aromatic heterocycles. The van der Waals surface area contributed by atoms with Gasteiger partial charge in [-0.05, 0) is 30.2 Å². The number of morpholine rings is 1. The van der Waals surface area contributed by atoms with E-state index < -0.39 is 6.04 Å². The molecule has 1 fully saturated rings. The van der Waals surface area contributed by atoms with Crippen LogP contribution >= 0.6 is 11.8 Å². The Balaban J connectivity index is 1.31. The number of aromatic nitrogens is 1. The van der Waals surface area contributed by atoms with Crippen molar-refractivity contribution in [3.63, 3.8) is 0 Å². The van der Waals surface area contributed by atoms with Crippen LogP contribution < -0.4 is 0 Å². The van der Waals surface area contributed by atoms with E-state index in [1.54, 1.807) is 4.90 Å². The van der Waals surface area contributed by atoms with Crippen molar-refractivity contribution in [2.45, 2.75) is 31.1 Å². The summed E-state index contributed by atoms with van der Waals surface area (Å²) < 4.78 is 5.41. The van der Waals surface area contributed by atoms with Crippen LogP contribution in [0.25, 0.3) is 10.9 Å². The number of benzene rings is 2. The van der Waals surface area contributed by atoms with E-state index in [2.05, 4.69) is 11.1 Å². The lowest BCUT2D eigenvalue weighted by Crippen LogP contribution is -2.46. The minimum atomic E-state index is -0.550. The number of thioether (sulfide) groups is 1. The summed E-state index contributed by atoms with van der Waals surface area (Å²) in [6.07, 6.45) is 3.09. The first kappa shape index (κ1) is 23.0. The summed E-state index contributed by atoms with van der Waals surface area (Å²) in [6.45, 7) is 4.28. The molecule has 0 aliphatic carbocycles. The van der Waals surface area contributed by atoms with Crippen molar-refractivity contribution in [2.75, 3.05) is 26.3 Å². The fourth-order valence-corrected chi connectivity index (χ4v) is 6.05. The van der Waals surface area contributed by atoms with Crippen molar-refractivity contribution < 1.29 is 14.3 Å². The van der Waals surface area contributed by atoms with Crippen molar-refractivity contribution in [1.82, 2.24) is 14.8 Å². The van der Waals surface area contributed by atoms with Gasteiger partial charge in [-0.1, -0.05) is 49.0 Å². The fraction of sp³-hybridized carbons (Fsp3) is 0.333. The topological polar surface area (TPSA) is 90.4 Å². The third kappa shape index (κ3) is 4.02. The number of nitrogens with one attached hydrogen (secondary N) is 1. The highest BCUT2D eigenvalue weighted by Crippen LogP contribution is 2.36. The molecule has 1 N–H and O–H groups in total. The van der Waals surface area contributed by atoms with Crippen molar-refractivity contribution in [3.05, 3.63) is 65.9 Å². The number of para-hydroxylation sites is 2. The summed E-state index contributed by atoms with van der Waals surface area (Å²) in [5.74, 6) is 0.573. The van der Waals surface area contributed by atoms with Gasteiger partial charge in [0, 0.05) is 42.2 Å². The maximum Gasteiger partial charge on any atom is 0.259 e. The molecule has 36 heavy (non-hydrogen) atoms. The molecule has 2 amide bonds. The van der Waals surface area contributed by atoms with Gasteiger partial charge in [0.25, 0.3) is 5.91 Å². The third-order valence-corrected chi connectivity index (χ3v) is 8.16. The number of carbonyl (C=O) groups excluding carboxylic acids is 2. The van der Waals surface area contributed by atoms with Gasteiger partial charge < -0.3 is 14.6 Å². The molecule has 3 aliphatic heterocycles. The van der Waals surface area contributed by atoms with Gasteiger partial charge in [-0.25, -0.2) is 9.89 Å². The Morgan fingerprint density at radius 1 is 1.17 bits per heavy atom. The van der Waals surface area contributed by atoms with Crippen LogP contribution in [0.1, 0.15) is 24.5 Å². The van der Waals surface area contributed by atoms with Gasteiger partial charge in [-0.15, -0.1) is 0 Å². The summed E-state index contributed by atoms with van der Waals surface area (Å²) in [6, 6.07) is 15.3. The lowest BCUT2D eigenvalue weighted by molar-refractivity contribution is -0.134. The molecule has 0 bridgehead atoms. The number of hydrogen-bond donors (Lipinski definition) is 1. The second-order valence-corrected chi connectivity index (χ2v) is 10.2. The Hall–Kier alpha value is -3.43. The number of H-pyrrole nitrogens is 1. The Morgan fingerprint density at radius 3 is 2.78 bits per heavy atom. The van der Waals surface area contributed by atoms with Crippen LogP contribution in [0.15, 0.2) is 64.7 Å². The van der Waals surface area contributed by atoms with E-state index in [9.17, 15) is 9.59 Å². The SMILES string of the molecule is CC[C@H](SC1=Nc2ccccc2C2=N[C@H](Cc3c[nH]c4ccccc34)C(=O)N12)C(=O)N1CCOCC1. The number of fused-ring (bicyclic) bond motifs is 4. The monoisotopic (exact) mass is 501 g/mol. The minimum Gasteiger partial charge on any atom is -0.378 e. The second kappa shape index (κ2) is 9.55. The Morgan fingerprint density at radius 2 is 1.94 bits per heavy atom. The lowest BCUT2D eigenvalue weighted by atomic mass is 10.1. The Labute approximate surface area is 213 Å². The van der Waals surface area contributed by atoms with Gasteiger partial charge in [0.05, 0.1) is 24.2 Å². The number of amides is 2. The number of nitrogens with zero attached hydrogens (tertiary/aromatic N) is 4. The molecule has 0 spiro atoms. The molecule has 9 heteroatoms. The van der Waals surface area contributed by atoms with Gasteiger partial charge in [-0.3, -0.25) is 14.6 Å². The van der Waals surface area contributed by atoms with Crippen molar-refractivity contribution in [2.24, 2.45) is 9.98 Å². The van der Waals surface area contributed by atoms with Crippen LogP contribution in [0.2, 0.25) is 0 Å². The molecule has 1 saturated heterocycles. The highest BCUT2D eigenvalue weighted by molar-refractivity contribution is 8.15. The second-order valence-electron chi connectivity index (χ2n) is 9.07. The van der Waals surface area contributed by atoms with Gasteiger partial charge in [-0.2, -0.15) is 0 Å². The third-order valence-electron chi connectivity index (χ3n) is 6.85. The molecular formula is C27H27N5O3S. The van der Waals surface area contributed by atoms with E-state index in [1.807, 2.05) is 60.5 Å². The largest absolute Gasteiger partial charge is 0.378 e. The summed E-state index contributed by atoms with van der Waals surface area (Å²) in [7, 11) is 0. The number of aromatic amines is 1. The summed E-state index contributed by atoms with van der Waals surface area (Å²) in [5.41, 5.74) is 3.70. The highest BCUT2D eigenvalue weighted by atomic mass is 32.2. The van der Waals surface area contributed by atoms with Gasteiger partial charge in [0.2, 0.25) is 5.91 Å². The lowest BCUT2D eigenvalue weighted by Gasteiger charge is -2.31. The number of aliphatic imine (C=N–C) groups is 2. The van der Waals surface area contributed by atoms with Gasteiger partial charge >= 0.3 is 0 Å². The van der Waals surface area contributed by atoms with Crippen molar-refractivity contribution in [3.8, 4) is 0 Å². The van der Waals surface area contributed by atoms with Crippen molar-refractivity contribution >= 4 is 51.2 Å². The summed E-state index contributed by atoms with van der Waals surface area (Å²) >= 11 is 1.36. The smallest absolute Gasteiger partial charge is 0.259 e. The van der Waals surface area contributed by atoms with Crippen LogP contribution in [-0.2, 0) is 20.7 Å². The van der Waals surface area contributed by atoms with Crippen LogP contribution in [0.5, 0.6) is 0 Å². The molecule has 0 saturated carbocycles. The van der Waals surface area contributed by atoms with Crippen LogP contribution in [0, 0.1) is 0 Å². The van der Waals surface area contributed by atoms with E-state index in [0.29, 0.717) is 50.1 Å². The van der Waals surface area contributed by atoms with E-state index in [4.69, 9.17) is 14.7 Å². The van der Waals surface area contributed by atoms with Gasteiger partial charge in [0.1, 0.15) is 11.9 Å². The molecule has 6 rings (SSSR count). The molecule has 8 nitrogen and oxygen atoms in total. The minimum absolute atomic E-state index is 0.0628. The average Bonchev–Trinajstić information content (AvgIpc) is 3.48. The zero-order valence-corrected chi connectivity index (χ0v) is 20.8. The number of carbonyl (C=O) groups is 2. The van der Waals surface area contributed by atoms with E-state index in [1.165, 1.54) is 11.8 Å². The van der Waals surface area contributed by atoms with E-state index in [-0.39, 0.29) is 17.1 Å². The molecular weight excluding hydrogens is 474 g/mol. The number of rotatable bonds is 5. The zero-order chi connectivity index (χ0) is 24.6. The standard InChI is InChI=1S/C27H27N5O3S/c1-2-23(26(34)31-11-13-35-14-12-31)36-27-30-21-10-6-4-8-19(21)24-29-22(25(33)32(24)27)15-17-16-28-20-9-5-3-7-18(17)20/h3-10,16,22-23,28H,2,11-15H2,1H3/t22-,23+/m1/s1. The van der Waals surface area contributed by atoms with Crippen LogP contribution in [-0.4, -0.2) is 75.2 Å². The highest BCUT2D eigenvalue weighted by Gasteiger charge is 2.43. The summed E-state index contributed by atoms with van der Waals surface area (Å²) in [4.78, 5) is 43.5. The molecule has 3 aliphatic rings. The molecule has 2 aromatic carbocycles. The molecule has 2 atom stereocenters. The molecule has 4 heterocycles.